The van der Waals surface area contributed by atoms with Gasteiger partial charge in [0.05, 0.1) is 0 Å². The van der Waals surface area contributed by atoms with E-state index >= 15 is 0 Å². The highest BCUT2D eigenvalue weighted by Gasteiger charge is 2.25. The summed E-state index contributed by atoms with van der Waals surface area (Å²) in [5.41, 5.74) is -0.121. The van der Waals surface area contributed by atoms with Crippen LogP contribution >= 0.6 is 0 Å². The Hall–Kier alpha value is -1.39. The molecule has 0 aromatic carbocycles. The Bertz CT molecular complexity index is 461. The summed E-state index contributed by atoms with van der Waals surface area (Å²) in [6, 6.07) is 0.276. The Kier molecular flexibility index (Phi) is 4.45. The molecule has 2 rings (SSSR count). The van der Waals surface area contributed by atoms with Gasteiger partial charge in [-0.15, -0.1) is 5.10 Å². The van der Waals surface area contributed by atoms with E-state index in [4.69, 9.17) is 0 Å². The second kappa shape index (κ2) is 5.94. The van der Waals surface area contributed by atoms with E-state index in [1.165, 1.54) is 19.3 Å². The van der Waals surface area contributed by atoms with Gasteiger partial charge in [-0.25, -0.2) is 4.98 Å². The van der Waals surface area contributed by atoms with Gasteiger partial charge in [0.25, 0.3) is 5.91 Å². The highest BCUT2D eigenvalue weighted by molar-refractivity contribution is 5.90. The zero-order chi connectivity index (χ0) is 14.8. The van der Waals surface area contributed by atoms with Gasteiger partial charge in [0, 0.05) is 11.5 Å². The van der Waals surface area contributed by atoms with Crippen LogP contribution in [0.4, 0.5) is 0 Å². The quantitative estimate of drug-likeness (QED) is 0.893. The van der Waals surface area contributed by atoms with E-state index in [2.05, 4.69) is 27.4 Å². The second-order valence-electron chi connectivity index (χ2n) is 6.87. The van der Waals surface area contributed by atoms with Crippen molar-refractivity contribution in [2.45, 2.75) is 71.3 Å². The van der Waals surface area contributed by atoms with E-state index in [0.29, 0.717) is 0 Å². The van der Waals surface area contributed by atoms with Crippen LogP contribution in [-0.2, 0) is 5.41 Å². The summed E-state index contributed by atoms with van der Waals surface area (Å²) in [5, 5.41) is 9.98. The van der Waals surface area contributed by atoms with Crippen molar-refractivity contribution in [1.29, 1.82) is 0 Å². The summed E-state index contributed by atoms with van der Waals surface area (Å²) in [7, 11) is 0. The van der Waals surface area contributed by atoms with Crippen molar-refractivity contribution >= 4 is 5.91 Å². The molecule has 1 aromatic heterocycles. The van der Waals surface area contributed by atoms with E-state index in [1.807, 2.05) is 20.8 Å². The number of H-pyrrole nitrogens is 1. The third-order valence-electron chi connectivity index (χ3n) is 4.09. The van der Waals surface area contributed by atoms with Crippen molar-refractivity contribution in [2.75, 3.05) is 0 Å². The Morgan fingerprint density at radius 3 is 2.75 bits per heavy atom. The second-order valence-corrected chi connectivity index (χ2v) is 6.87. The van der Waals surface area contributed by atoms with E-state index in [9.17, 15) is 4.79 Å². The minimum atomic E-state index is -0.154. The number of nitrogens with zero attached hydrogens (tertiary/aromatic N) is 2. The molecule has 0 aliphatic heterocycles. The molecular formula is C15H26N4O. The molecule has 1 amide bonds. The van der Waals surface area contributed by atoms with Gasteiger partial charge in [-0.3, -0.25) is 9.89 Å². The van der Waals surface area contributed by atoms with Crippen LogP contribution in [0.3, 0.4) is 0 Å². The lowest BCUT2D eigenvalue weighted by Crippen LogP contribution is -2.38. The predicted octanol–water partition coefficient (Wildman–Crippen LogP) is 2.80. The molecule has 20 heavy (non-hydrogen) atoms. The fourth-order valence-electron chi connectivity index (χ4n) is 2.74. The maximum Gasteiger partial charge on any atom is 0.291 e. The van der Waals surface area contributed by atoms with Gasteiger partial charge < -0.3 is 5.32 Å². The van der Waals surface area contributed by atoms with Gasteiger partial charge in [0.1, 0.15) is 5.82 Å². The molecule has 1 saturated carbocycles. The van der Waals surface area contributed by atoms with Crippen molar-refractivity contribution in [2.24, 2.45) is 5.92 Å². The van der Waals surface area contributed by atoms with Gasteiger partial charge in [-0.2, -0.15) is 0 Å². The van der Waals surface area contributed by atoms with Crippen LogP contribution < -0.4 is 5.32 Å². The standard InChI is InChI=1S/C15H26N4O/c1-5-10-7-6-8-11(9-10)16-13(20)12-17-14(19-18-12)15(2,3)4/h10-11H,5-9H2,1-4H3,(H,16,20)(H,17,18,19). The number of hydrogen-bond donors (Lipinski definition) is 2. The van der Waals surface area contributed by atoms with Crippen molar-refractivity contribution in [1.82, 2.24) is 20.5 Å². The van der Waals surface area contributed by atoms with Crippen LogP contribution in [-0.4, -0.2) is 27.1 Å². The molecule has 2 N–H and O–H groups in total. The molecule has 0 spiro atoms. The summed E-state index contributed by atoms with van der Waals surface area (Å²) < 4.78 is 0. The number of aromatic nitrogens is 3. The molecule has 112 valence electrons. The molecule has 2 atom stereocenters. The Labute approximate surface area is 120 Å². The number of amides is 1. The number of aromatic amines is 1. The number of carbonyl (C=O) groups is 1. The Morgan fingerprint density at radius 1 is 1.40 bits per heavy atom. The average molecular weight is 278 g/mol. The van der Waals surface area contributed by atoms with Crippen LogP contribution in [0, 0.1) is 5.92 Å². The van der Waals surface area contributed by atoms with Crippen molar-refractivity contribution in [3.05, 3.63) is 11.6 Å². The molecule has 1 heterocycles. The normalized spacial score (nSPS) is 23.6. The largest absolute Gasteiger partial charge is 0.347 e. The number of nitrogens with one attached hydrogen (secondary N) is 2. The predicted molar refractivity (Wildman–Crippen MR) is 78.6 cm³/mol. The van der Waals surface area contributed by atoms with Crippen molar-refractivity contribution < 1.29 is 4.79 Å². The van der Waals surface area contributed by atoms with E-state index in [1.54, 1.807) is 0 Å². The summed E-state index contributed by atoms with van der Waals surface area (Å²) in [6.45, 7) is 8.35. The van der Waals surface area contributed by atoms with E-state index in [0.717, 1.165) is 24.6 Å². The Morgan fingerprint density at radius 2 is 2.15 bits per heavy atom. The average Bonchev–Trinajstić information content (AvgIpc) is 2.88. The number of carbonyl (C=O) groups excluding carboxylic acids is 1. The summed E-state index contributed by atoms with van der Waals surface area (Å²) in [6.07, 6.45) is 5.83. The van der Waals surface area contributed by atoms with Crippen molar-refractivity contribution in [3.8, 4) is 0 Å². The first-order chi connectivity index (χ1) is 9.40. The first-order valence-corrected chi connectivity index (χ1v) is 7.64. The molecule has 5 nitrogen and oxygen atoms in total. The minimum Gasteiger partial charge on any atom is -0.347 e. The first-order valence-electron chi connectivity index (χ1n) is 7.64. The lowest BCUT2D eigenvalue weighted by atomic mass is 9.84. The number of rotatable bonds is 3. The van der Waals surface area contributed by atoms with Crippen molar-refractivity contribution in [3.63, 3.8) is 0 Å². The molecule has 1 fully saturated rings. The first kappa shape index (κ1) is 15.0. The summed E-state index contributed by atoms with van der Waals surface area (Å²) >= 11 is 0. The zero-order valence-corrected chi connectivity index (χ0v) is 13.0. The monoisotopic (exact) mass is 278 g/mol. The molecule has 0 bridgehead atoms. The van der Waals surface area contributed by atoms with Gasteiger partial charge in [-0.1, -0.05) is 47.0 Å². The fourth-order valence-corrected chi connectivity index (χ4v) is 2.74. The topological polar surface area (TPSA) is 70.7 Å². The van der Waals surface area contributed by atoms with Crippen LogP contribution in [0.5, 0.6) is 0 Å². The zero-order valence-electron chi connectivity index (χ0n) is 13.0. The van der Waals surface area contributed by atoms with Gasteiger partial charge in [-0.05, 0) is 18.8 Å². The van der Waals surface area contributed by atoms with E-state index < -0.39 is 0 Å². The molecule has 0 radical (unpaired) electrons. The lowest BCUT2D eigenvalue weighted by Gasteiger charge is -2.28. The van der Waals surface area contributed by atoms with Crippen LogP contribution in [0.2, 0.25) is 0 Å². The lowest BCUT2D eigenvalue weighted by molar-refractivity contribution is 0.0909. The van der Waals surface area contributed by atoms with Gasteiger partial charge in [0.2, 0.25) is 5.82 Å². The maximum absolute atomic E-state index is 12.2. The van der Waals surface area contributed by atoms with Gasteiger partial charge in [0.15, 0.2) is 0 Å². The van der Waals surface area contributed by atoms with Gasteiger partial charge >= 0.3 is 0 Å². The van der Waals surface area contributed by atoms with E-state index in [-0.39, 0.29) is 23.2 Å². The molecular weight excluding hydrogens is 252 g/mol. The highest BCUT2D eigenvalue weighted by atomic mass is 16.2. The molecule has 1 aliphatic rings. The Balaban J connectivity index is 1.96. The van der Waals surface area contributed by atoms with Crippen LogP contribution in [0.1, 0.15) is 76.2 Å². The smallest absolute Gasteiger partial charge is 0.291 e. The summed E-state index contributed by atoms with van der Waals surface area (Å²) in [5.74, 6) is 1.59. The third-order valence-corrected chi connectivity index (χ3v) is 4.09. The van der Waals surface area contributed by atoms with Crippen LogP contribution in [0.25, 0.3) is 0 Å². The summed E-state index contributed by atoms with van der Waals surface area (Å²) in [4.78, 5) is 16.5. The third kappa shape index (κ3) is 3.58. The molecule has 0 saturated heterocycles. The fraction of sp³-hybridized carbons (Fsp3) is 0.800. The molecule has 1 aliphatic carbocycles. The number of hydrogen-bond acceptors (Lipinski definition) is 3. The maximum atomic E-state index is 12.2. The SMILES string of the molecule is CCC1CCCC(NC(=O)c2n[nH]c(C(C)(C)C)n2)C1. The molecule has 5 heteroatoms. The van der Waals surface area contributed by atoms with Crippen LogP contribution in [0.15, 0.2) is 0 Å². The highest BCUT2D eigenvalue weighted by Crippen LogP contribution is 2.26. The molecule has 2 unspecified atom stereocenters. The minimum absolute atomic E-state index is 0.121. The molecule has 1 aromatic rings.